The number of pyridine rings is 3. The average Bonchev–Trinajstić information content (AvgIpc) is 2.68. The van der Waals surface area contributed by atoms with Crippen LogP contribution in [0.5, 0.6) is 0 Å². The molecule has 7 heteroatoms. The van der Waals surface area contributed by atoms with Crippen LogP contribution in [0.4, 0.5) is 8.78 Å². The fraction of sp³-hybridized carbons (Fsp3) is 0.273. The fourth-order valence-corrected chi connectivity index (χ4v) is 3.08. The monoisotopic (exact) mass is 397 g/mol. The summed E-state index contributed by atoms with van der Waals surface area (Å²) in [4.78, 5) is 23.4. The van der Waals surface area contributed by atoms with E-state index in [-0.39, 0.29) is 11.3 Å². The van der Waals surface area contributed by atoms with Crippen molar-refractivity contribution in [2.24, 2.45) is 0 Å². The number of carboxylic acid groups (broad SMARTS) is 1. The number of carboxylic acids is 1. The standard InChI is InChI=1S/C22H21F2N3O2/c1-21(2,22(3,4)17-10-6-8-15(26-17)20(28)29)16-9-5-7-14(25-16)13-11-12-18(23)27-19(13)24/h5-12H,1-4H3,(H,28,29). The highest BCUT2D eigenvalue weighted by Crippen LogP contribution is 2.42. The Bertz CT molecular complexity index is 1080. The first-order valence-electron chi connectivity index (χ1n) is 9.05. The van der Waals surface area contributed by atoms with E-state index in [1.54, 1.807) is 24.3 Å². The Labute approximate surface area is 167 Å². The summed E-state index contributed by atoms with van der Waals surface area (Å²) in [6, 6.07) is 12.5. The lowest BCUT2D eigenvalue weighted by Gasteiger charge is -2.41. The van der Waals surface area contributed by atoms with Gasteiger partial charge in [-0.2, -0.15) is 13.8 Å². The molecule has 29 heavy (non-hydrogen) atoms. The Kier molecular flexibility index (Phi) is 5.17. The lowest BCUT2D eigenvalue weighted by molar-refractivity contribution is 0.0689. The molecule has 5 nitrogen and oxygen atoms in total. The van der Waals surface area contributed by atoms with E-state index in [4.69, 9.17) is 0 Å². The van der Waals surface area contributed by atoms with Crippen LogP contribution in [0, 0.1) is 11.9 Å². The van der Waals surface area contributed by atoms with E-state index in [0.29, 0.717) is 17.1 Å². The van der Waals surface area contributed by atoms with Crippen molar-refractivity contribution in [3.8, 4) is 11.3 Å². The van der Waals surface area contributed by atoms with Crippen molar-refractivity contribution in [3.63, 3.8) is 0 Å². The number of rotatable bonds is 5. The molecule has 3 rings (SSSR count). The minimum absolute atomic E-state index is 0.0347. The Morgan fingerprint density at radius 2 is 1.41 bits per heavy atom. The summed E-state index contributed by atoms with van der Waals surface area (Å²) in [6.07, 6.45) is 0. The number of aromatic carboxylic acids is 1. The zero-order valence-electron chi connectivity index (χ0n) is 16.6. The summed E-state index contributed by atoms with van der Waals surface area (Å²) in [7, 11) is 0. The van der Waals surface area contributed by atoms with Crippen molar-refractivity contribution in [1.29, 1.82) is 0 Å². The molecule has 1 N–H and O–H groups in total. The third-order valence-electron chi connectivity index (χ3n) is 5.65. The Balaban J connectivity index is 2.07. The van der Waals surface area contributed by atoms with E-state index in [0.717, 1.165) is 6.07 Å². The summed E-state index contributed by atoms with van der Waals surface area (Å²) in [5.41, 5.74) is 0.459. The molecule has 0 radical (unpaired) electrons. The van der Waals surface area contributed by atoms with E-state index in [1.165, 1.54) is 12.1 Å². The first-order chi connectivity index (χ1) is 13.5. The van der Waals surface area contributed by atoms with E-state index in [2.05, 4.69) is 15.0 Å². The molecule has 3 aromatic rings. The highest BCUT2D eigenvalue weighted by Gasteiger charge is 2.42. The number of hydrogen-bond acceptors (Lipinski definition) is 4. The predicted octanol–water partition coefficient (Wildman–Crippen LogP) is 4.77. The van der Waals surface area contributed by atoms with E-state index in [9.17, 15) is 18.7 Å². The van der Waals surface area contributed by atoms with E-state index in [1.807, 2.05) is 33.8 Å². The third kappa shape index (κ3) is 3.72. The quantitative estimate of drug-likeness (QED) is 0.628. The van der Waals surface area contributed by atoms with Crippen molar-refractivity contribution in [3.05, 3.63) is 77.5 Å². The van der Waals surface area contributed by atoms with Gasteiger partial charge in [-0.25, -0.2) is 9.78 Å². The second-order valence-corrected chi connectivity index (χ2v) is 7.84. The zero-order valence-corrected chi connectivity index (χ0v) is 16.6. The molecule has 3 heterocycles. The highest BCUT2D eigenvalue weighted by molar-refractivity contribution is 5.85. The molecule has 0 fully saturated rings. The second-order valence-electron chi connectivity index (χ2n) is 7.84. The molecule has 0 spiro atoms. The first kappa shape index (κ1) is 20.5. The maximum absolute atomic E-state index is 14.1. The molecule has 0 amide bonds. The Morgan fingerprint density at radius 3 is 2.00 bits per heavy atom. The van der Waals surface area contributed by atoms with Crippen LogP contribution in [-0.4, -0.2) is 26.0 Å². The molecule has 0 saturated carbocycles. The molecule has 150 valence electrons. The molecule has 0 bridgehead atoms. The largest absolute Gasteiger partial charge is 0.477 e. The van der Waals surface area contributed by atoms with Crippen molar-refractivity contribution in [2.45, 2.75) is 38.5 Å². The second kappa shape index (κ2) is 7.31. The summed E-state index contributed by atoms with van der Waals surface area (Å²) >= 11 is 0. The topological polar surface area (TPSA) is 76.0 Å². The Morgan fingerprint density at radius 1 is 0.828 bits per heavy atom. The normalized spacial score (nSPS) is 12.1. The molecule has 0 aliphatic carbocycles. The van der Waals surface area contributed by atoms with Gasteiger partial charge >= 0.3 is 5.97 Å². The average molecular weight is 397 g/mol. The van der Waals surface area contributed by atoms with E-state index < -0.39 is 28.7 Å². The zero-order chi connectivity index (χ0) is 21.4. The first-order valence-corrected chi connectivity index (χ1v) is 9.05. The van der Waals surface area contributed by atoms with Crippen LogP contribution in [0.25, 0.3) is 11.3 Å². The van der Waals surface area contributed by atoms with Gasteiger partial charge in [-0.1, -0.05) is 39.8 Å². The summed E-state index contributed by atoms with van der Waals surface area (Å²) in [6.45, 7) is 7.84. The summed E-state index contributed by atoms with van der Waals surface area (Å²) in [5.74, 6) is -2.92. The van der Waals surface area contributed by atoms with Gasteiger partial charge in [0.2, 0.25) is 11.9 Å². The molecular formula is C22H21F2N3O2. The third-order valence-corrected chi connectivity index (χ3v) is 5.65. The van der Waals surface area contributed by atoms with Crippen LogP contribution in [0.1, 0.15) is 49.6 Å². The predicted molar refractivity (Wildman–Crippen MR) is 105 cm³/mol. The fourth-order valence-electron chi connectivity index (χ4n) is 3.08. The van der Waals surface area contributed by atoms with Gasteiger partial charge in [0.15, 0.2) is 0 Å². The molecular weight excluding hydrogens is 376 g/mol. The molecule has 3 aromatic heterocycles. The van der Waals surface area contributed by atoms with Crippen molar-refractivity contribution >= 4 is 5.97 Å². The molecule has 0 saturated heterocycles. The van der Waals surface area contributed by atoms with Crippen LogP contribution in [0.3, 0.4) is 0 Å². The van der Waals surface area contributed by atoms with Gasteiger partial charge in [0, 0.05) is 22.2 Å². The number of hydrogen-bond donors (Lipinski definition) is 1. The summed E-state index contributed by atoms with van der Waals surface area (Å²) in [5, 5.41) is 9.26. The van der Waals surface area contributed by atoms with Crippen LogP contribution in [0.2, 0.25) is 0 Å². The van der Waals surface area contributed by atoms with Gasteiger partial charge < -0.3 is 5.11 Å². The van der Waals surface area contributed by atoms with Crippen LogP contribution in [-0.2, 0) is 10.8 Å². The van der Waals surface area contributed by atoms with Crippen LogP contribution in [0.15, 0.2) is 48.5 Å². The van der Waals surface area contributed by atoms with Crippen molar-refractivity contribution in [1.82, 2.24) is 15.0 Å². The van der Waals surface area contributed by atoms with Gasteiger partial charge in [0.1, 0.15) is 5.69 Å². The molecule has 0 aliphatic rings. The minimum Gasteiger partial charge on any atom is -0.477 e. The number of nitrogens with zero attached hydrogens (tertiary/aromatic N) is 3. The van der Waals surface area contributed by atoms with Gasteiger partial charge in [0.25, 0.3) is 0 Å². The number of aromatic nitrogens is 3. The Hall–Kier alpha value is -3.22. The van der Waals surface area contributed by atoms with E-state index >= 15 is 0 Å². The smallest absolute Gasteiger partial charge is 0.354 e. The SMILES string of the molecule is CC(C)(c1cccc(C(=O)O)n1)C(C)(C)c1cccc(-c2ccc(F)nc2F)n1. The van der Waals surface area contributed by atoms with Crippen molar-refractivity contribution in [2.75, 3.05) is 0 Å². The number of carbonyl (C=O) groups is 1. The lowest BCUT2D eigenvalue weighted by Crippen LogP contribution is -2.42. The maximum Gasteiger partial charge on any atom is 0.354 e. The summed E-state index contributed by atoms with van der Waals surface area (Å²) < 4.78 is 27.3. The molecule has 0 aliphatic heterocycles. The molecule has 0 atom stereocenters. The minimum atomic E-state index is -1.10. The van der Waals surface area contributed by atoms with Gasteiger partial charge in [-0.15, -0.1) is 0 Å². The van der Waals surface area contributed by atoms with Crippen LogP contribution < -0.4 is 0 Å². The number of halogens is 2. The van der Waals surface area contributed by atoms with Gasteiger partial charge in [0.05, 0.1) is 11.3 Å². The highest BCUT2D eigenvalue weighted by atomic mass is 19.1. The van der Waals surface area contributed by atoms with Gasteiger partial charge in [-0.05, 0) is 36.4 Å². The van der Waals surface area contributed by atoms with Crippen molar-refractivity contribution < 1.29 is 18.7 Å². The maximum atomic E-state index is 14.1. The molecule has 0 unspecified atom stereocenters. The lowest BCUT2D eigenvalue weighted by atomic mass is 9.64. The van der Waals surface area contributed by atoms with Gasteiger partial charge in [-0.3, -0.25) is 4.98 Å². The molecule has 0 aromatic carbocycles. The van der Waals surface area contributed by atoms with Crippen LogP contribution >= 0.6 is 0 Å².